The van der Waals surface area contributed by atoms with E-state index in [-0.39, 0.29) is 30.9 Å². The molecule has 0 saturated carbocycles. The van der Waals surface area contributed by atoms with Crippen LogP contribution in [0.5, 0.6) is 5.75 Å². The lowest BCUT2D eigenvalue weighted by molar-refractivity contribution is 0.265. The van der Waals surface area contributed by atoms with Gasteiger partial charge in [-0.3, -0.25) is 5.84 Å². The molecule has 1 saturated heterocycles. The van der Waals surface area contributed by atoms with Gasteiger partial charge in [-0.25, -0.2) is 9.99 Å². The molecule has 1 aromatic rings. The molecule has 2 heterocycles. The highest BCUT2D eigenvalue weighted by Crippen LogP contribution is 2.32. The highest BCUT2D eigenvalue weighted by atomic mass is 35.5. The Labute approximate surface area is 118 Å². The number of nitrogens with two attached hydrogens (primary N) is 1. The van der Waals surface area contributed by atoms with E-state index >= 15 is 0 Å². The summed E-state index contributed by atoms with van der Waals surface area (Å²) in [4.78, 5) is 4.09. The first kappa shape index (κ1) is 16.7. The molecule has 0 unspecified atom stereocenters. The summed E-state index contributed by atoms with van der Waals surface area (Å²) in [6, 6.07) is 2.15. The summed E-state index contributed by atoms with van der Waals surface area (Å²) in [6.45, 7) is 0.926. The third-order valence-corrected chi connectivity index (χ3v) is 3.01. The second-order valence-corrected chi connectivity index (χ2v) is 4.02. The van der Waals surface area contributed by atoms with Gasteiger partial charge in [0.1, 0.15) is 0 Å². The van der Waals surface area contributed by atoms with Crippen LogP contribution in [0.2, 0.25) is 5.15 Å². The first-order valence-corrected chi connectivity index (χ1v) is 5.31. The van der Waals surface area contributed by atoms with Gasteiger partial charge in [0.25, 0.3) is 0 Å². The van der Waals surface area contributed by atoms with Gasteiger partial charge in [0.15, 0.2) is 10.9 Å². The maximum absolute atomic E-state index is 5.87. The van der Waals surface area contributed by atoms with Crippen LogP contribution in [-0.4, -0.2) is 23.6 Å². The fourth-order valence-corrected chi connectivity index (χ4v) is 2.10. The Balaban J connectivity index is 0.00000128. The molecular formula is C10H16Cl3N3O. The number of ether oxygens (including phenoxy) is 1. The van der Waals surface area contributed by atoms with Crippen LogP contribution in [0, 0.1) is 0 Å². The minimum Gasteiger partial charge on any atom is -0.494 e. The number of aromatic nitrogens is 1. The molecule has 1 fully saturated rings. The summed E-state index contributed by atoms with van der Waals surface area (Å²) >= 11 is 5.86. The number of halogens is 3. The van der Waals surface area contributed by atoms with Crippen LogP contribution in [0.25, 0.3) is 0 Å². The second-order valence-electron chi connectivity index (χ2n) is 3.66. The SMILES string of the molecule is COc1cc([C@@H]2CCCN2N)cnc1Cl.Cl.Cl. The number of hydrazine groups is 1. The van der Waals surface area contributed by atoms with E-state index < -0.39 is 0 Å². The topological polar surface area (TPSA) is 51.4 Å². The van der Waals surface area contributed by atoms with E-state index in [4.69, 9.17) is 22.2 Å². The monoisotopic (exact) mass is 299 g/mol. The molecule has 1 atom stereocenters. The van der Waals surface area contributed by atoms with Gasteiger partial charge in [0.2, 0.25) is 0 Å². The number of nitrogens with zero attached hydrogens (tertiary/aromatic N) is 2. The molecule has 7 heteroatoms. The molecule has 0 aliphatic carbocycles. The van der Waals surface area contributed by atoms with Crippen molar-refractivity contribution >= 4 is 36.4 Å². The van der Waals surface area contributed by atoms with Gasteiger partial charge in [0, 0.05) is 12.7 Å². The summed E-state index contributed by atoms with van der Waals surface area (Å²) in [6.07, 6.45) is 3.94. The second kappa shape index (κ2) is 7.24. The number of pyridine rings is 1. The maximum atomic E-state index is 5.87. The zero-order valence-corrected chi connectivity index (χ0v) is 11.8. The Bertz CT molecular complexity index is 365. The van der Waals surface area contributed by atoms with Gasteiger partial charge < -0.3 is 4.74 Å². The molecule has 0 bridgehead atoms. The third-order valence-electron chi connectivity index (χ3n) is 2.73. The van der Waals surface area contributed by atoms with Crippen molar-refractivity contribution in [2.75, 3.05) is 13.7 Å². The van der Waals surface area contributed by atoms with Crippen LogP contribution in [0.4, 0.5) is 0 Å². The zero-order chi connectivity index (χ0) is 10.8. The number of hydrogen-bond acceptors (Lipinski definition) is 4. The van der Waals surface area contributed by atoms with Gasteiger partial charge in [0.05, 0.1) is 13.2 Å². The van der Waals surface area contributed by atoms with Crippen LogP contribution in [-0.2, 0) is 0 Å². The zero-order valence-electron chi connectivity index (χ0n) is 9.43. The predicted molar refractivity (Wildman–Crippen MR) is 73.2 cm³/mol. The molecule has 1 aliphatic rings. The smallest absolute Gasteiger partial charge is 0.171 e. The van der Waals surface area contributed by atoms with E-state index in [1.54, 1.807) is 13.3 Å². The standard InChI is InChI=1S/C10H14ClN3O.2ClH/c1-15-9-5-7(6-13-10(9)11)8-3-2-4-14(8)12;;/h5-6,8H,2-4,12H2,1H3;2*1H/t8-;;/m0../s1. The van der Waals surface area contributed by atoms with E-state index in [9.17, 15) is 0 Å². The van der Waals surface area contributed by atoms with Crippen LogP contribution < -0.4 is 10.6 Å². The van der Waals surface area contributed by atoms with E-state index in [0.717, 1.165) is 24.9 Å². The van der Waals surface area contributed by atoms with E-state index in [2.05, 4.69) is 4.98 Å². The molecule has 98 valence electrons. The summed E-state index contributed by atoms with van der Waals surface area (Å²) in [5, 5.41) is 2.23. The van der Waals surface area contributed by atoms with E-state index in [1.807, 2.05) is 11.1 Å². The summed E-state index contributed by atoms with van der Waals surface area (Å²) < 4.78 is 5.13. The fraction of sp³-hybridized carbons (Fsp3) is 0.500. The number of hydrogen-bond donors (Lipinski definition) is 1. The summed E-state index contributed by atoms with van der Waals surface area (Å²) in [5.74, 6) is 6.48. The molecule has 1 aromatic heterocycles. The van der Waals surface area contributed by atoms with Gasteiger partial charge in [-0.1, -0.05) is 11.6 Å². The van der Waals surface area contributed by atoms with Crippen molar-refractivity contribution in [3.63, 3.8) is 0 Å². The molecule has 0 spiro atoms. The van der Waals surface area contributed by atoms with Crippen LogP contribution >= 0.6 is 36.4 Å². The van der Waals surface area contributed by atoms with Crippen molar-refractivity contribution in [3.8, 4) is 5.75 Å². The van der Waals surface area contributed by atoms with Gasteiger partial charge in [-0.15, -0.1) is 24.8 Å². The Morgan fingerprint density at radius 2 is 2.24 bits per heavy atom. The molecule has 0 aromatic carbocycles. The Morgan fingerprint density at radius 1 is 1.53 bits per heavy atom. The average Bonchev–Trinajstić information content (AvgIpc) is 2.65. The van der Waals surface area contributed by atoms with Crippen LogP contribution in [0.3, 0.4) is 0 Å². The number of rotatable bonds is 2. The predicted octanol–water partition coefficient (Wildman–Crippen LogP) is 2.60. The Morgan fingerprint density at radius 3 is 2.76 bits per heavy atom. The third kappa shape index (κ3) is 3.60. The molecule has 0 radical (unpaired) electrons. The van der Waals surface area contributed by atoms with Crippen molar-refractivity contribution in [2.24, 2.45) is 5.84 Å². The van der Waals surface area contributed by atoms with Crippen molar-refractivity contribution < 1.29 is 4.74 Å². The summed E-state index contributed by atoms with van der Waals surface area (Å²) in [7, 11) is 1.58. The minimum absolute atomic E-state index is 0. The average molecular weight is 301 g/mol. The lowest BCUT2D eigenvalue weighted by Gasteiger charge is -2.19. The van der Waals surface area contributed by atoms with Gasteiger partial charge in [-0.2, -0.15) is 0 Å². The first-order valence-electron chi connectivity index (χ1n) is 4.93. The largest absolute Gasteiger partial charge is 0.494 e. The molecule has 2 rings (SSSR count). The molecule has 4 nitrogen and oxygen atoms in total. The lowest BCUT2D eigenvalue weighted by Crippen LogP contribution is -2.30. The highest BCUT2D eigenvalue weighted by Gasteiger charge is 2.24. The molecule has 2 N–H and O–H groups in total. The van der Waals surface area contributed by atoms with Gasteiger partial charge >= 0.3 is 0 Å². The Kier molecular flexibility index (Phi) is 7.13. The molecule has 1 aliphatic heterocycles. The van der Waals surface area contributed by atoms with Crippen molar-refractivity contribution in [1.82, 2.24) is 9.99 Å². The maximum Gasteiger partial charge on any atom is 0.171 e. The quantitative estimate of drug-likeness (QED) is 0.674. The van der Waals surface area contributed by atoms with Crippen molar-refractivity contribution in [1.29, 1.82) is 0 Å². The van der Waals surface area contributed by atoms with Gasteiger partial charge in [-0.05, 0) is 24.5 Å². The molecule has 17 heavy (non-hydrogen) atoms. The van der Waals surface area contributed by atoms with E-state index in [1.165, 1.54) is 0 Å². The van der Waals surface area contributed by atoms with E-state index in [0.29, 0.717) is 10.9 Å². The van der Waals surface area contributed by atoms with Crippen molar-refractivity contribution in [2.45, 2.75) is 18.9 Å². The fourth-order valence-electron chi connectivity index (χ4n) is 1.92. The van der Waals surface area contributed by atoms with Crippen LogP contribution in [0.15, 0.2) is 12.3 Å². The minimum atomic E-state index is 0. The normalized spacial score (nSPS) is 19.4. The molecule has 0 amide bonds. The molecular weight excluding hydrogens is 284 g/mol. The van der Waals surface area contributed by atoms with Crippen molar-refractivity contribution in [3.05, 3.63) is 23.0 Å². The Hall–Kier alpha value is -0.260. The lowest BCUT2D eigenvalue weighted by atomic mass is 10.1. The van der Waals surface area contributed by atoms with Crippen LogP contribution in [0.1, 0.15) is 24.4 Å². The summed E-state index contributed by atoms with van der Waals surface area (Å²) in [5.41, 5.74) is 1.07. The highest BCUT2D eigenvalue weighted by molar-refractivity contribution is 6.30. The first-order chi connectivity index (χ1) is 7.22. The number of methoxy groups -OCH3 is 1.